The molecule has 0 aliphatic rings. The molecule has 1 rings (SSSR count). The standard InChI is InChI=1S/C12H17BrFN3O3S/c1-4-17(3)12(18)7(2)16-21(19,20)11-6-10(15)9(14)5-8(11)13/h5-7,16H,4,15H2,1-3H3. The lowest BCUT2D eigenvalue weighted by Crippen LogP contribution is -2.45. The molecule has 1 aromatic carbocycles. The highest BCUT2D eigenvalue weighted by Gasteiger charge is 2.26. The van der Waals surface area contributed by atoms with Crippen LogP contribution in [0.4, 0.5) is 10.1 Å². The minimum Gasteiger partial charge on any atom is -0.396 e. The average Bonchev–Trinajstić information content (AvgIpc) is 2.40. The highest BCUT2D eigenvalue weighted by atomic mass is 79.9. The fourth-order valence-electron chi connectivity index (χ4n) is 1.58. The van der Waals surface area contributed by atoms with Gasteiger partial charge in [-0.15, -0.1) is 0 Å². The first kappa shape index (κ1) is 17.9. The van der Waals surface area contributed by atoms with E-state index in [2.05, 4.69) is 20.7 Å². The normalized spacial score (nSPS) is 13.0. The van der Waals surface area contributed by atoms with Crippen molar-refractivity contribution in [3.05, 3.63) is 22.4 Å². The molecule has 1 atom stereocenters. The Morgan fingerprint density at radius 3 is 2.62 bits per heavy atom. The summed E-state index contributed by atoms with van der Waals surface area (Å²) in [7, 11) is -2.44. The zero-order chi connectivity index (χ0) is 16.4. The number of likely N-dealkylation sites (N-methyl/N-ethyl adjacent to an activating group) is 1. The molecule has 3 N–H and O–H groups in total. The van der Waals surface area contributed by atoms with Gasteiger partial charge in [-0.3, -0.25) is 4.79 Å². The molecule has 9 heteroatoms. The molecule has 0 saturated heterocycles. The van der Waals surface area contributed by atoms with Gasteiger partial charge in [0.15, 0.2) is 0 Å². The van der Waals surface area contributed by atoms with E-state index in [9.17, 15) is 17.6 Å². The lowest BCUT2D eigenvalue weighted by molar-refractivity contribution is -0.131. The van der Waals surface area contributed by atoms with E-state index >= 15 is 0 Å². The molecule has 0 aliphatic carbocycles. The highest BCUT2D eigenvalue weighted by Crippen LogP contribution is 2.26. The molecule has 0 radical (unpaired) electrons. The number of hydrogen-bond donors (Lipinski definition) is 2. The number of amides is 1. The van der Waals surface area contributed by atoms with Crippen LogP contribution in [-0.2, 0) is 14.8 Å². The van der Waals surface area contributed by atoms with Crippen LogP contribution in [-0.4, -0.2) is 38.9 Å². The fourth-order valence-corrected chi connectivity index (χ4v) is 3.83. The summed E-state index contributed by atoms with van der Waals surface area (Å²) in [6.07, 6.45) is 0. The van der Waals surface area contributed by atoms with Crippen molar-refractivity contribution in [1.29, 1.82) is 0 Å². The molecule has 6 nitrogen and oxygen atoms in total. The number of nitrogen functional groups attached to an aromatic ring is 1. The number of nitrogens with one attached hydrogen (secondary N) is 1. The van der Waals surface area contributed by atoms with E-state index in [1.165, 1.54) is 11.8 Å². The van der Waals surface area contributed by atoms with Gasteiger partial charge in [0.25, 0.3) is 0 Å². The third kappa shape index (κ3) is 4.14. The maximum absolute atomic E-state index is 13.3. The Morgan fingerprint density at radius 2 is 2.10 bits per heavy atom. The first-order chi connectivity index (χ1) is 9.60. The number of rotatable bonds is 5. The van der Waals surface area contributed by atoms with Crippen molar-refractivity contribution in [1.82, 2.24) is 9.62 Å². The number of halogens is 2. The molecule has 1 aromatic rings. The van der Waals surface area contributed by atoms with E-state index in [1.54, 1.807) is 14.0 Å². The molecule has 0 aromatic heterocycles. The third-order valence-electron chi connectivity index (χ3n) is 2.89. The molecular weight excluding hydrogens is 365 g/mol. The Kier molecular flexibility index (Phi) is 5.71. The van der Waals surface area contributed by atoms with Gasteiger partial charge in [-0.05, 0) is 41.9 Å². The van der Waals surface area contributed by atoms with Crippen LogP contribution in [0.15, 0.2) is 21.5 Å². The molecule has 21 heavy (non-hydrogen) atoms. The molecule has 118 valence electrons. The van der Waals surface area contributed by atoms with Crippen molar-refractivity contribution in [2.75, 3.05) is 19.3 Å². The zero-order valence-electron chi connectivity index (χ0n) is 11.9. The summed E-state index contributed by atoms with van der Waals surface area (Å²) in [4.78, 5) is 13.1. The van der Waals surface area contributed by atoms with E-state index in [0.29, 0.717) is 6.54 Å². The Balaban J connectivity index is 3.08. The molecule has 0 fully saturated rings. The Hall–Kier alpha value is -1.19. The maximum atomic E-state index is 13.3. The minimum absolute atomic E-state index is 0.0326. The van der Waals surface area contributed by atoms with Crippen molar-refractivity contribution in [3.8, 4) is 0 Å². The summed E-state index contributed by atoms with van der Waals surface area (Å²) >= 11 is 2.98. The number of hydrogen-bond acceptors (Lipinski definition) is 4. The van der Waals surface area contributed by atoms with Gasteiger partial charge in [-0.1, -0.05) is 0 Å². The van der Waals surface area contributed by atoms with Crippen LogP contribution < -0.4 is 10.5 Å². The maximum Gasteiger partial charge on any atom is 0.242 e. The Morgan fingerprint density at radius 1 is 1.52 bits per heavy atom. The van der Waals surface area contributed by atoms with Crippen molar-refractivity contribution < 1.29 is 17.6 Å². The van der Waals surface area contributed by atoms with E-state index < -0.39 is 21.9 Å². The van der Waals surface area contributed by atoms with Gasteiger partial charge >= 0.3 is 0 Å². The van der Waals surface area contributed by atoms with Gasteiger partial charge in [-0.25, -0.2) is 12.8 Å². The number of benzene rings is 1. The van der Waals surface area contributed by atoms with E-state index in [1.807, 2.05) is 0 Å². The van der Waals surface area contributed by atoms with Crippen LogP contribution in [0.25, 0.3) is 0 Å². The van der Waals surface area contributed by atoms with Gasteiger partial charge in [0.2, 0.25) is 15.9 Å². The molecule has 0 saturated carbocycles. The molecule has 0 spiro atoms. The van der Waals surface area contributed by atoms with Gasteiger partial charge in [0.1, 0.15) is 5.82 Å². The van der Waals surface area contributed by atoms with Gasteiger partial charge in [0, 0.05) is 18.1 Å². The van der Waals surface area contributed by atoms with Crippen LogP contribution in [0.2, 0.25) is 0 Å². The fraction of sp³-hybridized carbons (Fsp3) is 0.417. The molecule has 1 unspecified atom stereocenters. The molecule has 0 bridgehead atoms. The summed E-state index contributed by atoms with van der Waals surface area (Å²) in [5.41, 5.74) is 5.09. The lowest BCUT2D eigenvalue weighted by Gasteiger charge is -2.20. The molecule has 0 heterocycles. The molecule has 0 aliphatic heterocycles. The Labute approximate surface area is 131 Å². The number of anilines is 1. The summed E-state index contributed by atoms with van der Waals surface area (Å²) in [6, 6.07) is 1.02. The van der Waals surface area contributed by atoms with Crippen LogP contribution in [0, 0.1) is 5.82 Å². The predicted molar refractivity (Wildman–Crippen MR) is 81.6 cm³/mol. The highest BCUT2D eigenvalue weighted by molar-refractivity contribution is 9.10. The summed E-state index contributed by atoms with van der Waals surface area (Å²) < 4.78 is 40.0. The Bertz CT molecular complexity index is 651. The van der Waals surface area contributed by atoms with Crippen molar-refractivity contribution in [2.45, 2.75) is 24.8 Å². The second-order valence-corrected chi connectivity index (χ2v) is 7.04. The SMILES string of the molecule is CCN(C)C(=O)C(C)NS(=O)(=O)c1cc(N)c(F)cc1Br. The largest absolute Gasteiger partial charge is 0.396 e. The monoisotopic (exact) mass is 381 g/mol. The van der Waals surface area contributed by atoms with E-state index in [0.717, 1.165) is 12.1 Å². The van der Waals surface area contributed by atoms with Crippen LogP contribution in [0.3, 0.4) is 0 Å². The number of sulfonamides is 1. The second kappa shape index (κ2) is 6.71. The van der Waals surface area contributed by atoms with Crippen molar-refractivity contribution in [2.24, 2.45) is 0 Å². The van der Waals surface area contributed by atoms with Gasteiger partial charge in [-0.2, -0.15) is 4.72 Å². The molecule has 1 amide bonds. The van der Waals surface area contributed by atoms with Gasteiger partial charge in [0.05, 0.1) is 16.6 Å². The van der Waals surface area contributed by atoms with E-state index in [4.69, 9.17) is 5.73 Å². The molecular formula is C12H17BrFN3O3S. The first-order valence-corrected chi connectivity index (χ1v) is 8.39. The topological polar surface area (TPSA) is 92.5 Å². The number of carbonyl (C=O) groups is 1. The summed E-state index contributed by atoms with van der Waals surface area (Å²) in [5.74, 6) is -1.09. The number of carbonyl (C=O) groups excluding carboxylic acids is 1. The first-order valence-electron chi connectivity index (χ1n) is 6.12. The van der Waals surface area contributed by atoms with Gasteiger partial charge < -0.3 is 10.6 Å². The smallest absolute Gasteiger partial charge is 0.242 e. The third-order valence-corrected chi connectivity index (χ3v) is 5.39. The summed E-state index contributed by atoms with van der Waals surface area (Å²) in [6.45, 7) is 3.67. The zero-order valence-corrected chi connectivity index (χ0v) is 14.3. The van der Waals surface area contributed by atoms with Crippen molar-refractivity contribution in [3.63, 3.8) is 0 Å². The summed E-state index contributed by atoms with van der Waals surface area (Å²) in [5, 5.41) is 0. The second-order valence-electron chi connectivity index (χ2n) is 4.50. The predicted octanol–water partition coefficient (Wildman–Crippen LogP) is 1.32. The minimum atomic E-state index is -4.01. The average molecular weight is 382 g/mol. The quantitative estimate of drug-likeness (QED) is 0.752. The lowest BCUT2D eigenvalue weighted by atomic mass is 10.3. The number of nitrogens with two attached hydrogens (primary N) is 1. The van der Waals surface area contributed by atoms with E-state index in [-0.39, 0.29) is 21.0 Å². The van der Waals surface area contributed by atoms with Crippen LogP contribution in [0.5, 0.6) is 0 Å². The van der Waals surface area contributed by atoms with Crippen LogP contribution >= 0.6 is 15.9 Å². The van der Waals surface area contributed by atoms with Crippen molar-refractivity contribution >= 4 is 37.5 Å². The van der Waals surface area contributed by atoms with Crippen LogP contribution in [0.1, 0.15) is 13.8 Å². The number of nitrogens with zero attached hydrogens (tertiary/aromatic N) is 1.